The molecule has 4 N–H and O–H groups in total. The molecule has 1 spiro atoms. The normalized spacial score (nSPS) is 21.7. The summed E-state index contributed by atoms with van der Waals surface area (Å²) in [7, 11) is 1.65. The Morgan fingerprint density at radius 2 is 1.63 bits per heavy atom. The highest BCUT2D eigenvalue weighted by Gasteiger charge is 2.40. The van der Waals surface area contributed by atoms with E-state index in [2.05, 4.69) is 15.6 Å². The fourth-order valence-electron chi connectivity index (χ4n) is 3.52. The van der Waals surface area contributed by atoms with Gasteiger partial charge in [0.15, 0.2) is 0 Å². The van der Waals surface area contributed by atoms with Crippen molar-refractivity contribution >= 4 is 17.8 Å². The molecule has 0 bridgehead atoms. The van der Waals surface area contributed by atoms with Gasteiger partial charge in [-0.25, -0.2) is 14.6 Å². The SMILES string of the molecule is COc1ncccc1CNC1CCC2(CCC(=O)N2)CC1.O=C(O)C(F)(F)F.O=C(O)C(F)(F)F. The Hall–Kier alpha value is -3.10. The van der Waals surface area contributed by atoms with E-state index < -0.39 is 24.3 Å². The Labute approximate surface area is 195 Å². The lowest BCUT2D eigenvalue weighted by Crippen LogP contribution is -2.47. The molecule has 1 aliphatic carbocycles. The number of carbonyl (C=O) groups excluding carboxylic acids is 1. The van der Waals surface area contributed by atoms with Gasteiger partial charge >= 0.3 is 24.3 Å². The molecule has 2 fully saturated rings. The number of amides is 1. The summed E-state index contributed by atoms with van der Waals surface area (Å²) in [4.78, 5) is 33.4. The Balaban J connectivity index is 0.000000362. The second-order valence-electron chi connectivity index (χ2n) is 7.76. The molecule has 0 aromatic carbocycles. The molecule has 1 aromatic rings. The third kappa shape index (κ3) is 10.4. The van der Waals surface area contributed by atoms with Crippen LogP contribution in [0.2, 0.25) is 0 Å². The molecule has 198 valence electrons. The van der Waals surface area contributed by atoms with Gasteiger partial charge in [-0.3, -0.25) is 4.79 Å². The number of carbonyl (C=O) groups is 3. The number of nitrogens with zero attached hydrogens (tertiary/aromatic N) is 1. The quantitative estimate of drug-likeness (QED) is 0.448. The number of aromatic nitrogens is 1. The summed E-state index contributed by atoms with van der Waals surface area (Å²) in [6.07, 6.45) is -2.32. The summed E-state index contributed by atoms with van der Waals surface area (Å²) in [5.74, 6) is -4.60. The standard InChI is InChI=1S/C16H23N3O2.2C2HF3O2/c1-21-15-12(3-2-10-17-15)11-18-13-4-7-16(8-5-13)9-6-14(20)19-16;2*3-2(4,5)1(6)7/h2-3,10,13,18H,4-9,11H2,1H3,(H,19,20);2*(H,6,7). The number of pyridine rings is 1. The number of carboxylic acid groups (broad SMARTS) is 2. The van der Waals surface area contributed by atoms with E-state index in [1.165, 1.54) is 0 Å². The molecular weight excluding hydrogens is 492 g/mol. The van der Waals surface area contributed by atoms with Crippen molar-refractivity contribution in [2.75, 3.05) is 7.11 Å². The van der Waals surface area contributed by atoms with Crippen LogP contribution >= 0.6 is 0 Å². The molecule has 0 radical (unpaired) electrons. The van der Waals surface area contributed by atoms with Gasteiger partial charge in [0.05, 0.1) is 7.11 Å². The number of ether oxygens (including phenoxy) is 1. The van der Waals surface area contributed by atoms with Crippen LogP contribution in [0.5, 0.6) is 5.88 Å². The Morgan fingerprint density at radius 1 is 1.11 bits per heavy atom. The zero-order valence-electron chi connectivity index (χ0n) is 18.5. The minimum atomic E-state index is -5.08. The van der Waals surface area contributed by atoms with Gasteiger partial charge in [0, 0.05) is 36.3 Å². The van der Waals surface area contributed by atoms with Crippen LogP contribution in [-0.4, -0.2) is 64.1 Å². The first-order valence-electron chi connectivity index (χ1n) is 10.2. The minimum absolute atomic E-state index is 0.0985. The van der Waals surface area contributed by atoms with Crippen LogP contribution in [0, 0.1) is 0 Å². The first kappa shape index (κ1) is 29.9. The molecule has 1 aromatic heterocycles. The number of methoxy groups -OCH3 is 1. The molecule has 15 heteroatoms. The monoisotopic (exact) mass is 517 g/mol. The van der Waals surface area contributed by atoms with Crippen molar-refractivity contribution in [3.8, 4) is 5.88 Å². The van der Waals surface area contributed by atoms with Gasteiger partial charge in [0.1, 0.15) is 0 Å². The zero-order chi connectivity index (χ0) is 26.9. The van der Waals surface area contributed by atoms with Crippen LogP contribution in [-0.2, 0) is 20.9 Å². The second-order valence-corrected chi connectivity index (χ2v) is 7.76. The maximum absolute atomic E-state index is 11.4. The smallest absolute Gasteiger partial charge is 0.481 e. The molecule has 1 saturated heterocycles. The fraction of sp³-hybridized carbons (Fsp3) is 0.600. The van der Waals surface area contributed by atoms with Crippen molar-refractivity contribution in [1.29, 1.82) is 0 Å². The number of aliphatic carboxylic acids is 2. The summed E-state index contributed by atoms with van der Waals surface area (Å²) in [5.41, 5.74) is 1.19. The van der Waals surface area contributed by atoms with Crippen molar-refractivity contribution in [3.63, 3.8) is 0 Å². The lowest BCUT2D eigenvalue weighted by atomic mass is 9.78. The highest BCUT2D eigenvalue weighted by atomic mass is 19.4. The van der Waals surface area contributed by atoms with Crippen LogP contribution in [0.4, 0.5) is 26.3 Å². The Bertz CT molecular complexity index is 846. The van der Waals surface area contributed by atoms with Gasteiger partial charge in [-0.05, 0) is 38.2 Å². The molecule has 9 nitrogen and oxygen atoms in total. The molecule has 0 atom stereocenters. The van der Waals surface area contributed by atoms with E-state index in [9.17, 15) is 31.1 Å². The molecule has 2 aliphatic rings. The van der Waals surface area contributed by atoms with Gasteiger partial charge < -0.3 is 25.6 Å². The summed E-state index contributed by atoms with van der Waals surface area (Å²) in [6.45, 7) is 0.779. The van der Waals surface area contributed by atoms with Gasteiger partial charge in [-0.2, -0.15) is 26.3 Å². The predicted molar refractivity (Wildman–Crippen MR) is 107 cm³/mol. The van der Waals surface area contributed by atoms with Crippen molar-refractivity contribution in [2.45, 2.75) is 69.0 Å². The Kier molecular flexibility index (Phi) is 10.7. The molecule has 35 heavy (non-hydrogen) atoms. The van der Waals surface area contributed by atoms with E-state index >= 15 is 0 Å². The zero-order valence-corrected chi connectivity index (χ0v) is 18.5. The first-order valence-corrected chi connectivity index (χ1v) is 10.2. The van der Waals surface area contributed by atoms with Crippen molar-refractivity contribution in [1.82, 2.24) is 15.6 Å². The van der Waals surface area contributed by atoms with E-state index in [1.54, 1.807) is 13.3 Å². The van der Waals surface area contributed by atoms with Gasteiger partial charge in [0.25, 0.3) is 0 Å². The second kappa shape index (κ2) is 12.6. The third-order valence-corrected chi connectivity index (χ3v) is 5.29. The highest BCUT2D eigenvalue weighted by molar-refractivity contribution is 5.79. The number of rotatable bonds is 4. The number of hydrogen-bond acceptors (Lipinski definition) is 6. The summed E-state index contributed by atoms with van der Waals surface area (Å²) >= 11 is 0. The number of nitrogens with one attached hydrogen (secondary N) is 2. The maximum atomic E-state index is 11.4. The van der Waals surface area contributed by atoms with E-state index in [-0.39, 0.29) is 11.4 Å². The highest BCUT2D eigenvalue weighted by Crippen LogP contribution is 2.35. The minimum Gasteiger partial charge on any atom is -0.481 e. The van der Waals surface area contributed by atoms with Crippen LogP contribution in [0.3, 0.4) is 0 Å². The van der Waals surface area contributed by atoms with E-state index in [0.29, 0.717) is 18.3 Å². The largest absolute Gasteiger partial charge is 0.490 e. The lowest BCUT2D eigenvalue weighted by molar-refractivity contribution is -0.193. The van der Waals surface area contributed by atoms with Crippen LogP contribution in [0.25, 0.3) is 0 Å². The molecule has 0 unspecified atom stereocenters. The van der Waals surface area contributed by atoms with Gasteiger partial charge in [-0.1, -0.05) is 6.07 Å². The molecule has 3 rings (SSSR count). The predicted octanol–water partition coefficient (Wildman–Crippen LogP) is 3.04. The van der Waals surface area contributed by atoms with Crippen molar-refractivity contribution in [2.24, 2.45) is 0 Å². The maximum Gasteiger partial charge on any atom is 0.490 e. The number of halogens is 6. The van der Waals surface area contributed by atoms with E-state index in [0.717, 1.165) is 44.2 Å². The van der Waals surface area contributed by atoms with Gasteiger partial charge in [-0.15, -0.1) is 0 Å². The van der Waals surface area contributed by atoms with Gasteiger partial charge in [0.2, 0.25) is 11.8 Å². The fourth-order valence-corrected chi connectivity index (χ4v) is 3.52. The molecule has 1 amide bonds. The van der Waals surface area contributed by atoms with Crippen LogP contribution in [0.15, 0.2) is 18.3 Å². The van der Waals surface area contributed by atoms with Crippen LogP contribution < -0.4 is 15.4 Å². The Morgan fingerprint density at radius 3 is 2.03 bits per heavy atom. The van der Waals surface area contributed by atoms with E-state index in [4.69, 9.17) is 24.5 Å². The average Bonchev–Trinajstić information content (AvgIpc) is 3.13. The molecular formula is C20H25F6N3O6. The molecule has 1 aliphatic heterocycles. The molecule has 2 heterocycles. The van der Waals surface area contributed by atoms with E-state index in [1.807, 2.05) is 12.1 Å². The summed E-state index contributed by atoms with van der Waals surface area (Å²) in [5, 5.41) is 21.0. The number of carboxylic acids is 2. The number of alkyl halides is 6. The molecule has 1 saturated carbocycles. The first-order chi connectivity index (χ1) is 16.1. The van der Waals surface area contributed by atoms with Crippen molar-refractivity contribution < 1.29 is 55.7 Å². The summed E-state index contributed by atoms with van der Waals surface area (Å²) in [6, 6.07) is 4.49. The number of hydrogen-bond donors (Lipinski definition) is 4. The lowest BCUT2D eigenvalue weighted by Gasteiger charge is -2.37. The topological polar surface area (TPSA) is 138 Å². The van der Waals surface area contributed by atoms with Crippen molar-refractivity contribution in [3.05, 3.63) is 23.9 Å². The van der Waals surface area contributed by atoms with Crippen LogP contribution in [0.1, 0.15) is 44.1 Å². The third-order valence-electron chi connectivity index (χ3n) is 5.29. The average molecular weight is 517 g/mol. The summed E-state index contributed by atoms with van der Waals surface area (Å²) < 4.78 is 68.7.